The topological polar surface area (TPSA) is 54.5 Å². The first-order valence-electron chi connectivity index (χ1n) is 9.24. The quantitative estimate of drug-likeness (QED) is 0.900. The van der Waals surface area contributed by atoms with Crippen LogP contribution in [0, 0.1) is 12.8 Å². The maximum Gasteiger partial charge on any atom is 0.252 e. The second-order valence-corrected chi connectivity index (χ2v) is 7.14. The first kappa shape index (κ1) is 17.4. The standard InChI is InChI=1S/C19H29N3O2/c1-15-11-17(13-20-12-15)19(23)21-7-4-16-3-2-8-22(14-16)18-5-9-24-10-6-18/h11-13,16,18H,2-10,14H2,1H3,(H,21,23). The van der Waals surface area contributed by atoms with Crippen LogP contribution in [0.4, 0.5) is 0 Å². The van der Waals surface area contributed by atoms with Crippen molar-refractivity contribution >= 4 is 5.91 Å². The molecule has 2 aliphatic heterocycles. The summed E-state index contributed by atoms with van der Waals surface area (Å²) in [5.41, 5.74) is 1.67. The average Bonchev–Trinajstić information content (AvgIpc) is 2.63. The van der Waals surface area contributed by atoms with Crippen molar-refractivity contribution in [3.63, 3.8) is 0 Å². The van der Waals surface area contributed by atoms with Crippen molar-refractivity contribution in [3.05, 3.63) is 29.6 Å². The fourth-order valence-electron chi connectivity index (χ4n) is 3.89. The number of aryl methyl sites for hydroxylation is 1. The van der Waals surface area contributed by atoms with Crippen molar-refractivity contribution in [1.29, 1.82) is 0 Å². The Bertz CT molecular complexity index is 543. The molecule has 24 heavy (non-hydrogen) atoms. The van der Waals surface area contributed by atoms with Gasteiger partial charge in [0.2, 0.25) is 0 Å². The SMILES string of the molecule is Cc1cncc(C(=O)NCCC2CCCN(C3CCOCC3)C2)c1. The average molecular weight is 331 g/mol. The van der Waals surface area contributed by atoms with E-state index in [1.807, 2.05) is 13.0 Å². The normalized spacial score (nSPS) is 23.1. The first-order chi connectivity index (χ1) is 11.7. The Morgan fingerprint density at radius 1 is 1.33 bits per heavy atom. The molecule has 2 saturated heterocycles. The zero-order valence-corrected chi connectivity index (χ0v) is 14.7. The van der Waals surface area contributed by atoms with Crippen molar-refractivity contribution in [1.82, 2.24) is 15.2 Å². The number of likely N-dealkylation sites (tertiary alicyclic amines) is 1. The van der Waals surface area contributed by atoms with Crippen LogP contribution in [0.1, 0.15) is 48.0 Å². The number of carbonyl (C=O) groups excluding carboxylic acids is 1. The van der Waals surface area contributed by atoms with Gasteiger partial charge in [0.25, 0.3) is 5.91 Å². The zero-order chi connectivity index (χ0) is 16.8. The number of aromatic nitrogens is 1. The summed E-state index contributed by atoms with van der Waals surface area (Å²) in [6.45, 7) is 6.92. The lowest BCUT2D eigenvalue weighted by Gasteiger charge is -2.40. The zero-order valence-electron chi connectivity index (χ0n) is 14.7. The predicted molar refractivity (Wildman–Crippen MR) is 94.1 cm³/mol. The number of ether oxygens (including phenoxy) is 1. The molecule has 0 aliphatic carbocycles. The minimum absolute atomic E-state index is 0.0108. The monoisotopic (exact) mass is 331 g/mol. The highest BCUT2D eigenvalue weighted by atomic mass is 16.5. The van der Waals surface area contributed by atoms with E-state index in [0.29, 0.717) is 17.5 Å². The Morgan fingerprint density at radius 2 is 2.17 bits per heavy atom. The summed E-state index contributed by atoms with van der Waals surface area (Å²) in [5.74, 6) is 0.681. The van der Waals surface area contributed by atoms with E-state index in [2.05, 4.69) is 15.2 Å². The highest BCUT2D eigenvalue weighted by molar-refractivity contribution is 5.93. The fourth-order valence-corrected chi connectivity index (χ4v) is 3.89. The van der Waals surface area contributed by atoms with Crippen molar-refractivity contribution in [2.45, 2.75) is 45.1 Å². The smallest absolute Gasteiger partial charge is 0.252 e. The highest BCUT2D eigenvalue weighted by Crippen LogP contribution is 2.24. The predicted octanol–water partition coefficient (Wildman–Crippen LogP) is 2.40. The summed E-state index contributed by atoms with van der Waals surface area (Å²) in [6, 6.07) is 2.59. The van der Waals surface area contributed by atoms with Crippen LogP contribution >= 0.6 is 0 Å². The summed E-state index contributed by atoms with van der Waals surface area (Å²) in [4.78, 5) is 18.9. The van der Waals surface area contributed by atoms with Gasteiger partial charge in [-0.2, -0.15) is 0 Å². The van der Waals surface area contributed by atoms with E-state index in [9.17, 15) is 4.79 Å². The third-order valence-electron chi connectivity index (χ3n) is 5.23. The van der Waals surface area contributed by atoms with Crippen LogP contribution in [0.5, 0.6) is 0 Å². The Balaban J connectivity index is 1.42. The molecular formula is C19H29N3O2. The summed E-state index contributed by atoms with van der Waals surface area (Å²) in [7, 11) is 0. The molecule has 5 heteroatoms. The number of amides is 1. The molecule has 1 N–H and O–H groups in total. The molecule has 1 aromatic heterocycles. The molecule has 132 valence electrons. The van der Waals surface area contributed by atoms with E-state index in [4.69, 9.17) is 4.74 Å². The van der Waals surface area contributed by atoms with Gasteiger partial charge in [0, 0.05) is 44.7 Å². The molecule has 0 spiro atoms. The maximum absolute atomic E-state index is 12.2. The molecule has 0 aromatic carbocycles. The molecule has 3 rings (SSSR count). The van der Waals surface area contributed by atoms with Gasteiger partial charge in [-0.15, -0.1) is 0 Å². The molecule has 2 fully saturated rings. The number of rotatable bonds is 5. The lowest BCUT2D eigenvalue weighted by Crippen LogP contribution is -2.45. The van der Waals surface area contributed by atoms with Crippen LogP contribution in [0.25, 0.3) is 0 Å². The van der Waals surface area contributed by atoms with Crippen LogP contribution < -0.4 is 5.32 Å². The number of hydrogen-bond acceptors (Lipinski definition) is 4. The minimum atomic E-state index is -0.0108. The van der Waals surface area contributed by atoms with Crippen molar-refractivity contribution in [3.8, 4) is 0 Å². The lowest BCUT2D eigenvalue weighted by molar-refractivity contribution is 0.0170. The number of piperidine rings is 1. The van der Waals surface area contributed by atoms with E-state index in [1.165, 1.54) is 38.8 Å². The third-order valence-corrected chi connectivity index (χ3v) is 5.23. The van der Waals surface area contributed by atoms with Gasteiger partial charge < -0.3 is 10.1 Å². The second kappa shape index (κ2) is 8.58. The van der Waals surface area contributed by atoms with Gasteiger partial charge in [-0.1, -0.05) is 0 Å². The molecule has 3 heterocycles. The molecule has 2 aliphatic rings. The molecule has 0 radical (unpaired) electrons. The summed E-state index contributed by atoms with van der Waals surface area (Å²) < 4.78 is 5.48. The van der Waals surface area contributed by atoms with Gasteiger partial charge in [0.05, 0.1) is 5.56 Å². The van der Waals surface area contributed by atoms with E-state index in [1.54, 1.807) is 12.4 Å². The fraction of sp³-hybridized carbons (Fsp3) is 0.684. The summed E-state index contributed by atoms with van der Waals surface area (Å²) in [5, 5.41) is 3.05. The van der Waals surface area contributed by atoms with Crippen molar-refractivity contribution < 1.29 is 9.53 Å². The van der Waals surface area contributed by atoms with E-state index in [-0.39, 0.29) is 5.91 Å². The van der Waals surface area contributed by atoms with Gasteiger partial charge in [-0.25, -0.2) is 0 Å². The number of nitrogens with one attached hydrogen (secondary N) is 1. The Hall–Kier alpha value is -1.46. The molecule has 0 bridgehead atoms. The van der Waals surface area contributed by atoms with Crippen LogP contribution in [0.3, 0.4) is 0 Å². The van der Waals surface area contributed by atoms with Gasteiger partial charge >= 0.3 is 0 Å². The molecule has 5 nitrogen and oxygen atoms in total. The minimum Gasteiger partial charge on any atom is -0.381 e. The number of hydrogen-bond donors (Lipinski definition) is 1. The van der Waals surface area contributed by atoms with Crippen molar-refractivity contribution in [2.75, 3.05) is 32.8 Å². The third kappa shape index (κ3) is 4.77. The Morgan fingerprint density at radius 3 is 2.96 bits per heavy atom. The van der Waals surface area contributed by atoms with Crippen molar-refractivity contribution in [2.24, 2.45) is 5.92 Å². The number of carbonyl (C=O) groups is 1. The van der Waals surface area contributed by atoms with E-state index < -0.39 is 0 Å². The molecule has 1 aromatic rings. The van der Waals surface area contributed by atoms with Gasteiger partial charge in [0.15, 0.2) is 0 Å². The Labute approximate surface area is 144 Å². The second-order valence-electron chi connectivity index (χ2n) is 7.14. The molecule has 1 amide bonds. The molecule has 1 atom stereocenters. The van der Waals surface area contributed by atoms with E-state index >= 15 is 0 Å². The van der Waals surface area contributed by atoms with Gasteiger partial charge in [-0.3, -0.25) is 14.7 Å². The van der Waals surface area contributed by atoms with Crippen LogP contribution in [-0.4, -0.2) is 54.7 Å². The van der Waals surface area contributed by atoms with Gasteiger partial charge in [0.1, 0.15) is 0 Å². The molecular weight excluding hydrogens is 302 g/mol. The Kier molecular flexibility index (Phi) is 6.21. The lowest BCUT2D eigenvalue weighted by atomic mass is 9.92. The van der Waals surface area contributed by atoms with Gasteiger partial charge in [-0.05, 0) is 63.1 Å². The van der Waals surface area contributed by atoms with Crippen LogP contribution in [-0.2, 0) is 4.74 Å². The maximum atomic E-state index is 12.2. The van der Waals surface area contributed by atoms with Crippen LogP contribution in [0.2, 0.25) is 0 Å². The highest BCUT2D eigenvalue weighted by Gasteiger charge is 2.27. The largest absolute Gasteiger partial charge is 0.381 e. The number of nitrogens with zero attached hydrogens (tertiary/aromatic N) is 2. The van der Waals surface area contributed by atoms with Crippen LogP contribution in [0.15, 0.2) is 18.5 Å². The van der Waals surface area contributed by atoms with E-state index in [0.717, 1.165) is 31.7 Å². The summed E-state index contributed by atoms with van der Waals surface area (Å²) >= 11 is 0. The number of pyridine rings is 1. The first-order valence-corrected chi connectivity index (χ1v) is 9.24. The summed E-state index contributed by atoms with van der Waals surface area (Å²) in [6.07, 6.45) is 9.36. The molecule has 1 unspecified atom stereocenters. The molecule has 0 saturated carbocycles.